The molecule has 1 aromatic carbocycles. The van der Waals surface area contributed by atoms with Crippen LogP contribution in [0.5, 0.6) is 11.5 Å². The molecule has 0 unspecified atom stereocenters. The molecule has 9 heteroatoms. The van der Waals surface area contributed by atoms with Crippen LogP contribution in [0, 0.1) is 17.0 Å². The quantitative estimate of drug-likeness (QED) is 0.390. The molecule has 1 aliphatic rings. The van der Waals surface area contributed by atoms with Crippen molar-refractivity contribution in [3.63, 3.8) is 0 Å². The van der Waals surface area contributed by atoms with Crippen LogP contribution < -0.4 is 14.8 Å². The van der Waals surface area contributed by atoms with Crippen molar-refractivity contribution in [2.45, 2.75) is 32.2 Å². The van der Waals surface area contributed by atoms with Gasteiger partial charge in [0.05, 0.1) is 14.2 Å². The van der Waals surface area contributed by atoms with Crippen LogP contribution in [0.4, 0.5) is 8.78 Å². The fourth-order valence-corrected chi connectivity index (χ4v) is 4.48. The van der Waals surface area contributed by atoms with Crippen molar-refractivity contribution >= 4 is 22.8 Å². The highest BCUT2D eigenvalue weighted by atomic mass is 19.1. The van der Waals surface area contributed by atoms with Crippen LogP contribution in [0.15, 0.2) is 30.7 Å². The molecule has 7 nitrogen and oxygen atoms in total. The number of nitrogens with zero attached hydrogens (tertiary/aromatic N) is 2. The summed E-state index contributed by atoms with van der Waals surface area (Å²) in [5, 5.41) is 12.1. The maximum atomic E-state index is 14.9. The summed E-state index contributed by atoms with van der Waals surface area (Å²) in [6, 6.07) is 3.45. The van der Waals surface area contributed by atoms with E-state index in [1.165, 1.54) is 26.5 Å². The van der Waals surface area contributed by atoms with Crippen LogP contribution in [0.25, 0.3) is 16.6 Å². The predicted octanol–water partition coefficient (Wildman–Crippen LogP) is 4.51. The standard InChI is InChI=1S/C26H31F2N5O2/c1-4-33-7-5-19(6-8-33)30-15-18(12-29)16-9-20-17(14-32-26(20)31-13-16)10-21-24(27)22(34-2)11-23(35-3)25(21)28/h9,11-15,19,29-30H,4-8,10H2,1-3H3,(H,31,32)/b18-15+,29-12?. The normalized spacial score (nSPS) is 15.4. The molecule has 35 heavy (non-hydrogen) atoms. The number of benzene rings is 1. The Morgan fingerprint density at radius 1 is 1.20 bits per heavy atom. The molecule has 1 aliphatic heterocycles. The summed E-state index contributed by atoms with van der Waals surface area (Å²) in [4.78, 5) is 9.96. The van der Waals surface area contributed by atoms with Crippen LogP contribution in [0.3, 0.4) is 0 Å². The number of methoxy groups -OCH3 is 2. The van der Waals surface area contributed by atoms with Crippen molar-refractivity contribution in [2.24, 2.45) is 0 Å². The highest BCUT2D eigenvalue weighted by Gasteiger charge is 2.22. The molecule has 3 heterocycles. The van der Waals surface area contributed by atoms with E-state index in [4.69, 9.17) is 14.9 Å². The predicted molar refractivity (Wildman–Crippen MR) is 133 cm³/mol. The number of piperidine rings is 1. The Morgan fingerprint density at radius 2 is 1.89 bits per heavy atom. The summed E-state index contributed by atoms with van der Waals surface area (Å²) in [5.41, 5.74) is 2.56. The number of H-pyrrole nitrogens is 1. The molecule has 1 fully saturated rings. The van der Waals surface area contributed by atoms with Gasteiger partial charge in [0.15, 0.2) is 23.1 Å². The largest absolute Gasteiger partial charge is 0.494 e. The molecule has 0 radical (unpaired) electrons. The lowest BCUT2D eigenvalue weighted by atomic mass is 10.0. The molecule has 2 aromatic heterocycles. The Morgan fingerprint density at radius 3 is 2.49 bits per heavy atom. The monoisotopic (exact) mass is 483 g/mol. The lowest BCUT2D eigenvalue weighted by Crippen LogP contribution is -2.40. The summed E-state index contributed by atoms with van der Waals surface area (Å²) < 4.78 is 40.0. The lowest BCUT2D eigenvalue weighted by molar-refractivity contribution is 0.213. The molecule has 3 N–H and O–H groups in total. The molecular formula is C26H31F2N5O2. The Hall–Kier alpha value is -3.46. The third-order valence-electron chi connectivity index (χ3n) is 6.65. The van der Waals surface area contributed by atoms with Gasteiger partial charge in [0.25, 0.3) is 0 Å². The minimum atomic E-state index is -0.761. The van der Waals surface area contributed by atoms with E-state index >= 15 is 0 Å². The number of aromatic nitrogens is 2. The van der Waals surface area contributed by atoms with Gasteiger partial charge >= 0.3 is 0 Å². The fraction of sp³-hybridized carbons (Fsp3) is 0.385. The molecule has 3 aromatic rings. The minimum Gasteiger partial charge on any atom is -0.494 e. The van der Waals surface area contributed by atoms with Crippen LogP contribution in [0.2, 0.25) is 0 Å². The fourth-order valence-electron chi connectivity index (χ4n) is 4.48. The first-order valence-corrected chi connectivity index (χ1v) is 11.7. The second-order valence-electron chi connectivity index (χ2n) is 8.62. The second kappa shape index (κ2) is 10.9. The molecule has 0 spiro atoms. The van der Waals surface area contributed by atoms with Gasteiger partial charge < -0.3 is 30.1 Å². The molecule has 0 bridgehead atoms. The first-order chi connectivity index (χ1) is 17.0. The van der Waals surface area contributed by atoms with Crippen LogP contribution in [-0.2, 0) is 6.42 Å². The highest BCUT2D eigenvalue weighted by Crippen LogP contribution is 2.34. The number of nitrogens with one attached hydrogen (secondary N) is 3. The number of aromatic amines is 1. The zero-order valence-corrected chi connectivity index (χ0v) is 20.3. The summed E-state index contributed by atoms with van der Waals surface area (Å²) in [6.45, 7) is 5.36. The van der Waals surface area contributed by atoms with Crippen molar-refractivity contribution in [1.82, 2.24) is 20.2 Å². The maximum absolute atomic E-state index is 14.9. The maximum Gasteiger partial charge on any atom is 0.171 e. The molecule has 0 saturated carbocycles. The molecule has 4 rings (SSSR count). The second-order valence-corrected chi connectivity index (χ2v) is 8.62. The topological polar surface area (TPSA) is 86.3 Å². The lowest BCUT2D eigenvalue weighted by Gasteiger charge is -2.31. The number of rotatable bonds is 9. The van der Waals surface area contributed by atoms with Crippen molar-refractivity contribution in [2.75, 3.05) is 33.9 Å². The van der Waals surface area contributed by atoms with Gasteiger partial charge in [-0.1, -0.05) is 6.92 Å². The summed E-state index contributed by atoms with van der Waals surface area (Å²) in [7, 11) is 2.65. The van der Waals surface area contributed by atoms with Gasteiger partial charge in [-0.25, -0.2) is 13.8 Å². The first kappa shape index (κ1) is 24.7. The van der Waals surface area contributed by atoms with Gasteiger partial charge in [-0.15, -0.1) is 0 Å². The Bertz CT molecular complexity index is 1200. The summed E-state index contributed by atoms with van der Waals surface area (Å²) in [6.07, 6.45) is 8.62. The zero-order valence-electron chi connectivity index (χ0n) is 20.3. The van der Waals surface area contributed by atoms with E-state index in [0.717, 1.165) is 43.4 Å². The van der Waals surface area contributed by atoms with Gasteiger partial charge in [-0.05, 0) is 31.0 Å². The van der Waals surface area contributed by atoms with Gasteiger partial charge in [-0.3, -0.25) is 0 Å². The summed E-state index contributed by atoms with van der Waals surface area (Å²) in [5.74, 6) is -1.69. The Balaban J connectivity index is 1.61. The first-order valence-electron chi connectivity index (χ1n) is 11.7. The third-order valence-corrected chi connectivity index (χ3v) is 6.65. The number of ether oxygens (including phenoxy) is 2. The zero-order chi connectivity index (χ0) is 24.9. The van der Waals surface area contributed by atoms with E-state index < -0.39 is 11.6 Å². The average Bonchev–Trinajstić information content (AvgIpc) is 3.29. The van der Waals surface area contributed by atoms with Crippen LogP contribution in [0.1, 0.15) is 36.5 Å². The number of hydrogen-bond donors (Lipinski definition) is 3. The van der Waals surface area contributed by atoms with Crippen molar-refractivity contribution in [3.8, 4) is 11.5 Å². The van der Waals surface area contributed by atoms with Crippen LogP contribution >= 0.6 is 0 Å². The van der Waals surface area contributed by atoms with E-state index in [9.17, 15) is 8.78 Å². The van der Waals surface area contributed by atoms with Crippen molar-refractivity contribution < 1.29 is 18.3 Å². The average molecular weight is 484 g/mol. The third kappa shape index (κ3) is 5.14. The number of pyridine rings is 1. The minimum absolute atomic E-state index is 0.0196. The van der Waals surface area contributed by atoms with Gasteiger partial charge in [0.1, 0.15) is 5.65 Å². The Kier molecular flexibility index (Phi) is 7.65. The smallest absolute Gasteiger partial charge is 0.171 e. The molecule has 1 saturated heterocycles. The van der Waals surface area contributed by atoms with Gasteiger partial charge in [-0.2, -0.15) is 0 Å². The number of hydrogen-bond acceptors (Lipinski definition) is 6. The van der Waals surface area contributed by atoms with Crippen LogP contribution in [-0.4, -0.2) is 61.0 Å². The summed E-state index contributed by atoms with van der Waals surface area (Å²) >= 11 is 0. The van der Waals surface area contributed by atoms with Crippen molar-refractivity contribution in [3.05, 3.63) is 59.1 Å². The number of halogens is 2. The van der Waals surface area contributed by atoms with E-state index in [1.807, 2.05) is 12.3 Å². The molecule has 186 valence electrons. The number of allylic oxidation sites excluding steroid dienone is 1. The van der Waals surface area contributed by atoms with Crippen molar-refractivity contribution in [1.29, 1.82) is 5.41 Å². The number of fused-ring (bicyclic) bond motifs is 1. The van der Waals surface area contributed by atoms with Gasteiger partial charge in [0, 0.05) is 78.5 Å². The van der Waals surface area contributed by atoms with E-state index in [-0.39, 0.29) is 23.5 Å². The van der Waals surface area contributed by atoms with Gasteiger partial charge in [0.2, 0.25) is 0 Å². The number of likely N-dealkylation sites (tertiary alicyclic amines) is 1. The highest BCUT2D eigenvalue weighted by molar-refractivity contribution is 6.09. The molecule has 0 atom stereocenters. The molecular weight excluding hydrogens is 452 g/mol. The Labute approximate surface area is 203 Å². The van der Waals surface area contributed by atoms with E-state index in [1.54, 1.807) is 12.4 Å². The van der Waals surface area contributed by atoms with E-state index in [0.29, 0.717) is 22.8 Å². The SMILES string of the molecule is CCN1CCC(N/C=C(\C=N)c2cnc3[nH]cc(Cc4c(F)c(OC)cc(OC)c4F)c3c2)CC1. The van der Waals surface area contributed by atoms with E-state index in [2.05, 4.69) is 27.1 Å². The molecule has 0 amide bonds. The molecule has 0 aliphatic carbocycles.